The van der Waals surface area contributed by atoms with Crippen molar-refractivity contribution in [3.05, 3.63) is 59.7 Å². The lowest BCUT2D eigenvalue weighted by atomic mass is 10.0. The Morgan fingerprint density at radius 2 is 1.71 bits per heavy atom. The number of ether oxygens (including phenoxy) is 1. The average Bonchev–Trinajstić information content (AvgIpc) is 2.73. The van der Waals surface area contributed by atoms with Crippen LogP contribution in [0.5, 0.6) is 0 Å². The number of rotatable bonds is 10. The molecule has 0 aromatic heterocycles. The number of benzene rings is 2. The molecule has 2 aromatic rings. The molecule has 0 aliphatic heterocycles. The van der Waals surface area contributed by atoms with E-state index in [2.05, 4.69) is 23.3 Å². The molecule has 8 nitrogen and oxygen atoms in total. The van der Waals surface area contributed by atoms with Gasteiger partial charge in [-0.1, -0.05) is 18.2 Å². The summed E-state index contributed by atoms with van der Waals surface area (Å²) in [6, 6.07) is 13.1. The zero-order valence-corrected chi connectivity index (χ0v) is 18.1. The quantitative estimate of drug-likeness (QED) is 0.167. The van der Waals surface area contributed by atoms with Crippen molar-refractivity contribution in [3.63, 3.8) is 0 Å². The van der Waals surface area contributed by atoms with Gasteiger partial charge in [-0.2, -0.15) is 0 Å². The Bertz CT molecular complexity index is 947. The fraction of sp³-hybridized carbons (Fsp3) is 0.273. The molecular weight excluding hydrogens is 416 g/mol. The van der Waals surface area contributed by atoms with Gasteiger partial charge in [0.2, 0.25) is 11.8 Å². The molecule has 2 aromatic carbocycles. The number of amidine groups is 1. The predicted molar refractivity (Wildman–Crippen MR) is 121 cm³/mol. The first-order chi connectivity index (χ1) is 14.8. The second kappa shape index (κ2) is 11.8. The van der Waals surface area contributed by atoms with Crippen molar-refractivity contribution in [3.8, 4) is 0 Å². The van der Waals surface area contributed by atoms with Gasteiger partial charge in [-0.3, -0.25) is 19.8 Å². The second-order valence-electron chi connectivity index (χ2n) is 6.73. The fourth-order valence-corrected chi connectivity index (χ4v) is 3.17. The first kappa shape index (κ1) is 23.9. The highest BCUT2D eigenvalue weighted by atomic mass is 32.1. The lowest BCUT2D eigenvalue weighted by Crippen LogP contribution is -2.31. The highest BCUT2D eigenvalue weighted by Gasteiger charge is 2.21. The van der Waals surface area contributed by atoms with Gasteiger partial charge in [0.1, 0.15) is 5.84 Å². The monoisotopic (exact) mass is 442 g/mol. The number of amides is 2. The molecule has 0 fully saturated rings. The molecule has 2 amide bonds. The zero-order chi connectivity index (χ0) is 22.8. The Morgan fingerprint density at radius 1 is 1.06 bits per heavy atom. The van der Waals surface area contributed by atoms with Crippen LogP contribution in [0.1, 0.15) is 43.4 Å². The summed E-state index contributed by atoms with van der Waals surface area (Å²) >= 11 is 4.41. The standard InChI is InChI=1S/C22H26N4O4S/c1-2-30-21(29)13-17(16-5-3-4-6-18(16)31)26-20(28)12-11-19(27)25-15-9-7-14(8-10-15)22(23)24/h3-10,17,31H,2,11-13H2,1H3,(H3,23,24)(H,25,27)(H,26,28). The van der Waals surface area contributed by atoms with Gasteiger partial charge in [0.05, 0.1) is 19.1 Å². The molecule has 1 unspecified atom stereocenters. The van der Waals surface area contributed by atoms with E-state index in [4.69, 9.17) is 15.9 Å². The molecule has 0 radical (unpaired) electrons. The third kappa shape index (κ3) is 7.78. The topological polar surface area (TPSA) is 134 Å². The van der Waals surface area contributed by atoms with E-state index in [0.29, 0.717) is 21.7 Å². The van der Waals surface area contributed by atoms with Gasteiger partial charge < -0.3 is 21.1 Å². The molecule has 9 heteroatoms. The zero-order valence-electron chi connectivity index (χ0n) is 17.2. The number of thiol groups is 1. The fourth-order valence-electron chi connectivity index (χ4n) is 2.86. The van der Waals surface area contributed by atoms with Crippen molar-refractivity contribution < 1.29 is 19.1 Å². The van der Waals surface area contributed by atoms with Crippen LogP contribution in [0.25, 0.3) is 0 Å². The van der Waals surface area contributed by atoms with Crippen LogP contribution in [0.4, 0.5) is 5.69 Å². The van der Waals surface area contributed by atoms with Crippen LogP contribution >= 0.6 is 12.6 Å². The molecule has 164 valence electrons. The van der Waals surface area contributed by atoms with Crippen LogP contribution in [0, 0.1) is 5.41 Å². The van der Waals surface area contributed by atoms with E-state index in [1.807, 2.05) is 6.07 Å². The second-order valence-corrected chi connectivity index (χ2v) is 7.21. The summed E-state index contributed by atoms with van der Waals surface area (Å²) in [5, 5.41) is 12.9. The number of esters is 1. The van der Waals surface area contributed by atoms with Gasteiger partial charge in [-0.05, 0) is 42.8 Å². The number of hydrogen-bond donors (Lipinski definition) is 5. The molecule has 31 heavy (non-hydrogen) atoms. The van der Waals surface area contributed by atoms with Crippen LogP contribution in [0.2, 0.25) is 0 Å². The molecule has 0 heterocycles. The van der Waals surface area contributed by atoms with E-state index in [0.717, 1.165) is 0 Å². The van der Waals surface area contributed by atoms with Crippen molar-refractivity contribution in [2.45, 2.75) is 37.1 Å². The minimum Gasteiger partial charge on any atom is -0.466 e. The van der Waals surface area contributed by atoms with Gasteiger partial charge in [0.15, 0.2) is 0 Å². The van der Waals surface area contributed by atoms with Gasteiger partial charge >= 0.3 is 5.97 Å². The molecule has 0 aliphatic carbocycles. The number of carbonyl (C=O) groups excluding carboxylic acids is 3. The van der Waals surface area contributed by atoms with Crippen molar-refractivity contribution in [1.82, 2.24) is 5.32 Å². The normalized spacial score (nSPS) is 11.3. The molecule has 0 saturated heterocycles. The molecule has 0 spiro atoms. The minimum absolute atomic E-state index is 0.0328. The lowest BCUT2D eigenvalue weighted by molar-refractivity contribution is -0.144. The van der Waals surface area contributed by atoms with Crippen LogP contribution < -0.4 is 16.4 Å². The van der Waals surface area contributed by atoms with E-state index in [1.165, 1.54) is 0 Å². The summed E-state index contributed by atoms with van der Waals surface area (Å²) in [5.74, 6) is -1.19. The number of carbonyl (C=O) groups is 3. The third-order valence-electron chi connectivity index (χ3n) is 4.38. The van der Waals surface area contributed by atoms with E-state index in [-0.39, 0.29) is 43.5 Å². The van der Waals surface area contributed by atoms with Gasteiger partial charge in [0, 0.05) is 29.0 Å². The molecule has 2 rings (SSSR count). The van der Waals surface area contributed by atoms with Crippen LogP contribution in [0.15, 0.2) is 53.4 Å². The molecule has 0 aliphatic rings. The smallest absolute Gasteiger partial charge is 0.308 e. The highest BCUT2D eigenvalue weighted by molar-refractivity contribution is 7.80. The van der Waals surface area contributed by atoms with Crippen LogP contribution in [-0.2, 0) is 19.1 Å². The number of hydrogen-bond acceptors (Lipinski definition) is 6. The Hall–Kier alpha value is -3.33. The van der Waals surface area contributed by atoms with E-state index in [9.17, 15) is 14.4 Å². The molecular formula is C22H26N4O4S. The highest BCUT2D eigenvalue weighted by Crippen LogP contribution is 2.24. The van der Waals surface area contributed by atoms with Crippen LogP contribution in [0.3, 0.4) is 0 Å². The van der Waals surface area contributed by atoms with E-state index < -0.39 is 12.0 Å². The molecule has 5 N–H and O–H groups in total. The molecule has 0 bridgehead atoms. The number of anilines is 1. The summed E-state index contributed by atoms with van der Waals surface area (Å²) in [5.41, 5.74) is 7.19. The van der Waals surface area contributed by atoms with E-state index in [1.54, 1.807) is 49.4 Å². The minimum atomic E-state index is -0.609. The Morgan fingerprint density at radius 3 is 2.32 bits per heavy atom. The summed E-state index contributed by atoms with van der Waals surface area (Å²) in [6.07, 6.45) is -0.119. The van der Waals surface area contributed by atoms with E-state index >= 15 is 0 Å². The number of nitrogens with one attached hydrogen (secondary N) is 3. The third-order valence-corrected chi connectivity index (χ3v) is 4.79. The summed E-state index contributed by atoms with van der Waals surface area (Å²) in [4.78, 5) is 37.2. The largest absolute Gasteiger partial charge is 0.466 e. The maximum atomic E-state index is 12.4. The Balaban J connectivity index is 1.93. The number of nitrogens with two attached hydrogens (primary N) is 1. The van der Waals surface area contributed by atoms with Gasteiger partial charge in [-0.15, -0.1) is 12.6 Å². The van der Waals surface area contributed by atoms with Gasteiger partial charge in [-0.25, -0.2) is 0 Å². The van der Waals surface area contributed by atoms with Crippen molar-refractivity contribution in [2.75, 3.05) is 11.9 Å². The maximum Gasteiger partial charge on any atom is 0.308 e. The Labute approximate surface area is 186 Å². The van der Waals surface area contributed by atoms with Crippen molar-refractivity contribution in [1.29, 1.82) is 5.41 Å². The summed E-state index contributed by atoms with van der Waals surface area (Å²) in [7, 11) is 0. The van der Waals surface area contributed by atoms with Crippen LogP contribution in [-0.4, -0.2) is 30.2 Å². The first-order valence-electron chi connectivity index (χ1n) is 9.77. The van der Waals surface area contributed by atoms with Crippen molar-refractivity contribution >= 4 is 41.9 Å². The van der Waals surface area contributed by atoms with Crippen molar-refractivity contribution in [2.24, 2.45) is 5.73 Å². The maximum absolute atomic E-state index is 12.4. The SMILES string of the molecule is CCOC(=O)CC(NC(=O)CCC(=O)Nc1ccc(C(=N)N)cc1)c1ccccc1S. The predicted octanol–water partition coefficient (Wildman–Crippen LogP) is 2.79. The summed E-state index contributed by atoms with van der Waals surface area (Å²) in [6.45, 7) is 1.96. The average molecular weight is 443 g/mol. The molecule has 0 saturated carbocycles. The number of nitrogen functional groups attached to an aromatic ring is 1. The first-order valence-corrected chi connectivity index (χ1v) is 10.2. The lowest BCUT2D eigenvalue weighted by Gasteiger charge is -2.20. The molecule has 1 atom stereocenters. The van der Waals surface area contributed by atoms with Gasteiger partial charge in [0.25, 0.3) is 0 Å². The Kier molecular flexibility index (Phi) is 9.08. The summed E-state index contributed by atoms with van der Waals surface area (Å²) < 4.78 is 5.00.